The molecule has 2 heterocycles. The van der Waals surface area contributed by atoms with Crippen LogP contribution in [0.4, 0.5) is 0 Å². The van der Waals surface area contributed by atoms with E-state index in [1.165, 1.54) is 0 Å². The van der Waals surface area contributed by atoms with Gasteiger partial charge in [0.05, 0.1) is 6.10 Å². The average Bonchev–Trinajstić information content (AvgIpc) is 2.94. The molecule has 0 aromatic heterocycles. The Kier molecular flexibility index (Phi) is 4.33. The van der Waals surface area contributed by atoms with Crippen LogP contribution in [0.25, 0.3) is 0 Å². The van der Waals surface area contributed by atoms with Gasteiger partial charge in [0.25, 0.3) is 0 Å². The van der Waals surface area contributed by atoms with Gasteiger partial charge in [-0.3, -0.25) is 9.80 Å². The summed E-state index contributed by atoms with van der Waals surface area (Å²) in [6.07, 6.45) is -0.486. The summed E-state index contributed by atoms with van der Waals surface area (Å²) in [7, 11) is 0. The Bertz CT molecular complexity index is 494. The molecule has 1 fully saturated rings. The molecule has 0 aliphatic carbocycles. The summed E-state index contributed by atoms with van der Waals surface area (Å²) in [5, 5.41) is 10.5. The van der Waals surface area contributed by atoms with Gasteiger partial charge in [0, 0.05) is 32.2 Å². The molecule has 1 aromatic rings. The predicted octanol–water partition coefficient (Wildman–Crippen LogP) is 1.47. The van der Waals surface area contributed by atoms with Crippen LogP contribution in [0.5, 0.6) is 11.5 Å². The third-order valence-corrected chi connectivity index (χ3v) is 4.47. The molecule has 3 rings (SSSR count). The van der Waals surface area contributed by atoms with Crippen molar-refractivity contribution in [2.24, 2.45) is 0 Å². The lowest BCUT2D eigenvalue weighted by Gasteiger charge is -2.40. The Balaban J connectivity index is 1.60. The standard InChI is InChI=1S/C16H24N2O3/c1-3-18-7-6-17(9-12(18)2)10-14(19)13-4-5-15-16(8-13)21-11-20-15/h4-5,8,12,14,19H,3,6-7,9-11H2,1-2H3. The van der Waals surface area contributed by atoms with E-state index in [0.29, 0.717) is 12.6 Å². The molecule has 0 saturated carbocycles. The van der Waals surface area contributed by atoms with E-state index in [4.69, 9.17) is 9.47 Å². The maximum absolute atomic E-state index is 10.5. The Labute approximate surface area is 126 Å². The lowest BCUT2D eigenvalue weighted by molar-refractivity contribution is 0.0478. The molecular weight excluding hydrogens is 268 g/mol. The highest BCUT2D eigenvalue weighted by Crippen LogP contribution is 2.34. The molecule has 0 spiro atoms. The summed E-state index contributed by atoms with van der Waals surface area (Å²) in [5.74, 6) is 1.49. The van der Waals surface area contributed by atoms with Crippen LogP contribution in [0, 0.1) is 0 Å². The van der Waals surface area contributed by atoms with Crippen molar-refractivity contribution in [3.63, 3.8) is 0 Å². The van der Waals surface area contributed by atoms with Gasteiger partial charge in [-0.1, -0.05) is 13.0 Å². The first-order valence-electron chi connectivity index (χ1n) is 7.71. The van der Waals surface area contributed by atoms with Gasteiger partial charge in [0.1, 0.15) is 0 Å². The second-order valence-electron chi connectivity index (χ2n) is 5.87. The number of β-amino-alcohol motifs (C(OH)–C–C–N with tert-alkyl or cyclic N) is 1. The van der Waals surface area contributed by atoms with Crippen LogP contribution in [0.3, 0.4) is 0 Å². The normalized spacial score (nSPS) is 24.2. The van der Waals surface area contributed by atoms with Gasteiger partial charge < -0.3 is 14.6 Å². The summed E-state index contributed by atoms with van der Waals surface area (Å²) < 4.78 is 10.7. The van der Waals surface area contributed by atoms with E-state index in [1.54, 1.807) is 0 Å². The van der Waals surface area contributed by atoms with Gasteiger partial charge in [-0.05, 0) is 31.2 Å². The largest absolute Gasteiger partial charge is 0.454 e. The van der Waals surface area contributed by atoms with Gasteiger partial charge in [0.2, 0.25) is 6.79 Å². The molecule has 5 heteroatoms. The van der Waals surface area contributed by atoms with E-state index in [0.717, 1.165) is 43.2 Å². The second-order valence-corrected chi connectivity index (χ2v) is 5.87. The minimum Gasteiger partial charge on any atom is -0.454 e. The molecule has 2 aliphatic rings. The fourth-order valence-electron chi connectivity index (χ4n) is 3.18. The quantitative estimate of drug-likeness (QED) is 0.910. The molecule has 0 amide bonds. The van der Waals surface area contributed by atoms with Gasteiger partial charge in [-0.25, -0.2) is 0 Å². The van der Waals surface area contributed by atoms with Gasteiger partial charge in [-0.2, -0.15) is 0 Å². The molecular formula is C16H24N2O3. The smallest absolute Gasteiger partial charge is 0.231 e. The van der Waals surface area contributed by atoms with Gasteiger partial charge in [-0.15, -0.1) is 0 Å². The number of piperazine rings is 1. The summed E-state index contributed by atoms with van der Waals surface area (Å²) in [5.41, 5.74) is 0.893. The highest BCUT2D eigenvalue weighted by Gasteiger charge is 2.25. The maximum Gasteiger partial charge on any atom is 0.231 e. The van der Waals surface area contributed by atoms with Crippen molar-refractivity contribution in [2.45, 2.75) is 26.0 Å². The second kappa shape index (κ2) is 6.22. The highest BCUT2D eigenvalue weighted by molar-refractivity contribution is 5.45. The molecule has 21 heavy (non-hydrogen) atoms. The molecule has 1 aromatic carbocycles. The third-order valence-electron chi connectivity index (χ3n) is 4.47. The first-order valence-corrected chi connectivity index (χ1v) is 7.71. The number of aliphatic hydroxyl groups excluding tert-OH is 1. The van der Waals surface area contributed by atoms with E-state index in [1.807, 2.05) is 18.2 Å². The molecule has 2 aliphatic heterocycles. The summed E-state index contributed by atoms with van der Waals surface area (Å²) >= 11 is 0. The van der Waals surface area contributed by atoms with Crippen LogP contribution in [-0.4, -0.2) is 60.5 Å². The average molecular weight is 292 g/mol. The lowest BCUT2D eigenvalue weighted by Crippen LogP contribution is -2.52. The topological polar surface area (TPSA) is 45.2 Å². The van der Waals surface area contributed by atoms with Crippen LogP contribution in [0.2, 0.25) is 0 Å². The zero-order valence-electron chi connectivity index (χ0n) is 12.8. The number of likely N-dealkylation sites (N-methyl/N-ethyl adjacent to an activating group) is 1. The van der Waals surface area contributed by atoms with Crippen molar-refractivity contribution in [1.82, 2.24) is 9.80 Å². The molecule has 1 N–H and O–H groups in total. The highest BCUT2D eigenvalue weighted by atomic mass is 16.7. The molecule has 5 nitrogen and oxygen atoms in total. The van der Waals surface area contributed by atoms with Crippen LogP contribution in [0.15, 0.2) is 18.2 Å². The first-order chi connectivity index (χ1) is 10.2. The number of aliphatic hydroxyl groups is 1. The van der Waals surface area contributed by atoms with Gasteiger partial charge in [0.15, 0.2) is 11.5 Å². The molecule has 2 unspecified atom stereocenters. The fourth-order valence-corrected chi connectivity index (χ4v) is 3.18. The van der Waals surface area contributed by atoms with Crippen molar-refractivity contribution in [3.05, 3.63) is 23.8 Å². The minimum atomic E-state index is -0.486. The van der Waals surface area contributed by atoms with Crippen LogP contribution >= 0.6 is 0 Å². The lowest BCUT2D eigenvalue weighted by atomic mass is 10.1. The maximum atomic E-state index is 10.5. The van der Waals surface area contributed by atoms with Crippen molar-refractivity contribution in [3.8, 4) is 11.5 Å². The zero-order valence-corrected chi connectivity index (χ0v) is 12.8. The summed E-state index contributed by atoms with van der Waals surface area (Å²) in [6.45, 7) is 9.59. The fraction of sp³-hybridized carbons (Fsp3) is 0.625. The van der Waals surface area contributed by atoms with Crippen molar-refractivity contribution >= 4 is 0 Å². The van der Waals surface area contributed by atoms with Crippen molar-refractivity contribution in [1.29, 1.82) is 0 Å². The zero-order chi connectivity index (χ0) is 14.8. The van der Waals surface area contributed by atoms with Gasteiger partial charge >= 0.3 is 0 Å². The van der Waals surface area contributed by atoms with Crippen molar-refractivity contribution < 1.29 is 14.6 Å². The molecule has 2 atom stereocenters. The number of benzene rings is 1. The number of hydrogen-bond donors (Lipinski definition) is 1. The molecule has 1 saturated heterocycles. The summed E-state index contributed by atoms with van der Waals surface area (Å²) in [4.78, 5) is 4.82. The molecule has 0 bridgehead atoms. The molecule has 116 valence electrons. The molecule has 0 radical (unpaired) electrons. The van der Waals surface area contributed by atoms with Crippen LogP contribution < -0.4 is 9.47 Å². The number of hydrogen-bond acceptors (Lipinski definition) is 5. The predicted molar refractivity (Wildman–Crippen MR) is 80.7 cm³/mol. The summed E-state index contributed by atoms with van der Waals surface area (Å²) in [6, 6.07) is 6.23. The number of ether oxygens (including phenoxy) is 2. The Morgan fingerprint density at radius 1 is 1.29 bits per heavy atom. The number of nitrogens with zero attached hydrogens (tertiary/aromatic N) is 2. The Hall–Kier alpha value is -1.30. The van der Waals surface area contributed by atoms with E-state index in [2.05, 4.69) is 23.6 Å². The van der Waals surface area contributed by atoms with Crippen molar-refractivity contribution in [2.75, 3.05) is 39.5 Å². The number of rotatable bonds is 4. The van der Waals surface area contributed by atoms with Crippen LogP contribution in [0.1, 0.15) is 25.5 Å². The van der Waals surface area contributed by atoms with E-state index < -0.39 is 6.10 Å². The van der Waals surface area contributed by atoms with Crippen LogP contribution in [-0.2, 0) is 0 Å². The number of fused-ring (bicyclic) bond motifs is 1. The first kappa shape index (κ1) is 14.6. The third kappa shape index (κ3) is 3.15. The minimum absolute atomic E-state index is 0.269. The Morgan fingerprint density at radius 3 is 2.86 bits per heavy atom. The Morgan fingerprint density at radius 2 is 2.10 bits per heavy atom. The SMILES string of the molecule is CCN1CCN(CC(O)c2ccc3c(c2)OCO3)CC1C. The van der Waals surface area contributed by atoms with E-state index in [9.17, 15) is 5.11 Å². The van der Waals surface area contributed by atoms with E-state index >= 15 is 0 Å². The van der Waals surface area contributed by atoms with E-state index in [-0.39, 0.29) is 6.79 Å². The monoisotopic (exact) mass is 292 g/mol.